The van der Waals surface area contributed by atoms with Crippen LogP contribution in [-0.2, 0) is 11.2 Å². The van der Waals surface area contributed by atoms with Gasteiger partial charge in [0.1, 0.15) is 5.75 Å². The molecule has 1 aromatic rings. The molecule has 0 heterocycles. The molecule has 2 rings (SSSR count). The summed E-state index contributed by atoms with van der Waals surface area (Å²) in [4.78, 5) is 13.0. The van der Waals surface area contributed by atoms with Crippen molar-refractivity contribution in [1.29, 1.82) is 0 Å². The molecule has 0 aromatic heterocycles. The Bertz CT molecular complexity index is 514. The van der Waals surface area contributed by atoms with Gasteiger partial charge in [0.2, 0.25) is 0 Å². The number of ether oxygens (including phenoxy) is 2. The summed E-state index contributed by atoms with van der Waals surface area (Å²) in [5.74, 6) is 1.70. The second-order valence-electron chi connectivity index (χ2n) is 6.95. The fourth-order valence-electron chi connectivity index (χ4n) is 3.23. The van der Waals surface area contributed by atoms with Crippen molar-refractivity contribution in [2.45, 2.75) is 59.0 Å². The average Bonchev–Trinajstić information content (AvgIpc) is 2.59. The molecule has 0 saturated heterocycles. The lowest BCUT2D eigenvalue weighted by Crippen LogP contribution is -2.26. The monoisotopic (exact) mass is 318 g/mol. The van der Waals surface area contributed by atoms with Crippen molar-refractivity contribution < 1.29 is 14.3 Å². The topological polar surface area (TPSA) is 35.5 Å². The van der Waals surface area contributed by atoms with E-state index in [0.717, 1.165) is 49.0 Å². The molecule has 3 nitrogen and oxygen atoms in total. The summed E-state index contributed by atoms with van der Waals surface area (Å²) in [6, 6.07) is 5.98. The summed E-state index contributed by atoms with van der Waals surface area (Å²) in [5.41, 5.74) is 1.98. The number of carbonyl (C=O) groups excluding carboxylic acids is 1. The molecule has 128 valence electrons. The number of hydrogen-bond donors (Lipinski definition) is 0. The minimum Gasteiger partial charge on any atom is -0.493 e. The number of benzene rings is 1. The van der Waals surface area contributed by atoms with Crippen LogP contribution in [-0.4, -0.2) is 25.6 Å². The van der Waals surface area contributed by atoms with Gasteiger partial charge in [0.05, 0.1) is 12.7 Å². The highest BCUT2D eigenvalue weighted by atomic mass is 16.5. The highest BCUT2D eigenvalue weighted by molar-refractivity contribution is 5.99. The predicted octanol–water partition coefficient (Wildman–Crippen LogP) is 4.67. The number of Topliss-reactive ketones (excluding diaryl/α,β-unsaturated/α-hetero) is 1. The summed E-state index contributed by atoms with van der Waals surface area (Å²) in [6.45, 7) is 7.03. The minimum atomic E-state index is 0.132. The van der Waals surface area contributed by atoms with Gasteiger partial charge >= 0.3 is 0 Å². The molecule has 1 aliphatic rings. The first-order chi connectivity index (χ1) is 11.0. The second kappa shape index (κ2) is 8.49. The maximum absolute atomic E-state index is 13.0. The van der Waals surface area contributed by atoms with Crippen molar-refractivity contribution in [3.05, 3.63) is 29.3 Å². The van der Waals surface area contributed by atoms with Crippen LogP contribution in [0.3, 0.4) is 0 Å². The molecule has 0 amide bonds. The summed E-state index contributed by atoms with van der Waals surface area (Å²) < 4.78 is 11.2. The molecule has 1 fully saturated rings. The highest BCUT2D eigenvalue weighted by Gasteiger charge is 2.28. The zero-order valence-electron chi connectivity index (χ0n) is 14.9. The number of aryl methyl sites for hydroxylation is 1. The van der Waals surface area contributed by atoms with Crippen molar-refractivity contribution >= 4 is 5.78 Å². The Kier molecular flexibility index (Phi) is 6.64. The molecular formula is C20H30O3. The number of carbonyl (C=O) groups is 1. The van der Waals surface area contributed by atoms with Crippen molar-refractivity contribution in [2.75, 3.05) is 13.7 Å². The van der Waals surface area contributed by atoms with Crippen LogP contribution in [0.2, 0.25) is 0 Å². The van der Waals surface area contributed by atoms with Gasteiger partial charge < -0.3 is 9.47 Å². The number of methoxy groups -OCH3 is 1. The molecule has 1 aliphatic carbocycles. The first-order valence-corrected chi connectivity index (χ1v) is 8.87. The van der Waals surface area contributed by atoms with Crippen molar-refractivity contribution in [2.24, 2.45) is 11.8 Å². The van der Waals surface area contributed by atoms with Gasteiger partial charge in [-0.1, -0.05) is 26.8 Å². The lowest BCUT2D eigenvalue weighted by atomic mass is 9.81. The molecule has 0 aliphatic heterocycles. The Morgan fingerprint density at radius 2 is 1.91 bits per heavy atom. The molecule has 1 aromatic carbocycles. The van der Waals surface area contributed by atoms with Gasteiger partial charge in [-0.3, -0.25) is 4.79 Å². The van der Waals surface area contributed by atoms with Gasteiger partial charge in [0.15, 0.2) is 5.78 Å². The van der Waals surface area contributed by atoms with Crippen molar-refractivity contribution in [3.8, 4) is 5.75 Å². The number of hydrogen-bond acceptors (Lipinski definition) is 3. The van der Waals surface area contributed by atoms with Crippen LogP contribution in [0.5, 0.6) is 5.75 Å². The summed E-state index contributed by atoms with van der Waals surface area (Å²) in [7, 11) is 1.76. The summed E-state index contributed by atoms with van der Waals surface area (Å²) in [6.07, 6.45) is 5.02. The van der Waals surface area contributed by atoms with E-state index in [-0.39, 0.29) is 11.7 Å². The van der Waals surface area contributed by atoms with Crippen LogP contribution in [0.4, 0.5) is 0 Å². The Balaban J connectivity index is 2.12. The lowest BCUT2D eigenvalue weighted by molar-refractivity contribution is 0.0519. The quantitative estimate of drug-likeness (QED) is 0.685. The van der Waals surface area contributed by atoms with Gasteiger partial charge in [0, 0.05) is 18.6 Å². The summed E-state index contributed by atoms with van der Waals surface area (Å²) in [5, 5.41) is 0. The van der Waals surface area contributed by atoms with Gasteiger partial charge in [-0.2, -0.15) is 0 Å². The van der Waals surface area contributed by atoms with Crippen LogP contribution in [0, 0.1) is 11.8 Å². The fraction of sp³-hybridized carbons (Fsp3) is 0.650. The predicted molar refractivity (Wildman–Crippen MR) is 93.2 cm³/mol. The van der Waals surface area contributed by atoms with E-state index in [0.29, 0.717) is 18.6 Å². The Morgan fingerprint density at radius 1 is 1.22 bits per heavy atom. The van der Waals surface area contributed by atoms with E-state index in [1.54, 1.807) is 7.11 Å². The van der Waals surface area contributed by atoms with E-state index in [1.807, 2.05) is 18.2 Å². The standard InChI is InChI=1S/C20H30O3/c1-5-15-6-11-18(23-13-14(2)3)12-19(15)20(21)16-7-9-17(22-4)10-8-16/h6,11-12,14,16-17H,5,7-10,13H2,1-4H3. The van der Waals surface area contributed by atoms with Crippen LogP contribution in [0.15, 0.2) is 18.2 Å². The van der Waals surface area contributed by atoms with Crippen molar-refractivity contribution in [3.63, 3.8) is 0 Å². The first kappa shape index (κ1) is 18.0. The normalized spacial score (nSPS) is 21.4. The molecule has 1 saturated carbocycles. The van der Waals surface area contributed by atoms with E-state index in [4.69, 9.17) is 9.47 Å². The van der Waals surface area contributed by atoms with Crippen LogP contribution in [0.1, 0.15) is 62.4 Å². The molecule has 0 bridgehead atoms. The van der Waals surface area contributed by atoms with Crippen LogP contribution in [0.25, 0.3) is 0 Å². The van der Waals surface area contributed by atoms with Crippen LogP contribution < -0.4 is 4.74 Å². The third-order valence-corrected chi connectivity index (χ3v) is 4.69. The lowest BCUT2D eigenvalue weighted by Gasteiger charge is -2.27. The van der Waals surface area contributed by atoms with E-state index < -0.39 is 0 Å². The van der Waals surface area contributed by atoms with Gasteiger partial charge in [-0.15, -0.1) is 0 Å². The smallest absolute Gasteiger partial charge is 0.166 e. The zero-order chi connectivity index (χ0) is 16.8. The minimum absolute atomic E-state index is 0.132. The molecule has 0 spiro atoms. The molecule has 0 radical (unpaired) electrons. The second-order valence-corrected chi connectivity index (χ2v) is 6.95. The van der Waals surface area contributed by atoms with Crippen LogP contribution >= 0.6 is 0 Å². The number of ketones is 1. The summed E-state index contributed by atoms with van der Waals surface area (Å²) >= 11 is 0. The molecule has 0 unspecified atom stereocenters. The highest BCUT2D eigenvalue weighted by Crippen LogP contribution is 2.31. The average molecular weight is 318 g/mol. The van der Waals surface area contributed by atoms with E-state index in [1.165, 1.54) is 0 Å². The van der Waals surface area contributed by atoms with E-state index in [2.05, 4.69) is 20.8 Å². The Hall–Kier alpha value is -1.35. The van der Waals surface area contributed by atoms with Gasteiger partial charge in [-0.25, -0.2) is 0 Å². The third-order valence-electron chi connectivity index (χ3n) is 4.69. The Morgan fingerprint density at radius 3 is 2.48 bits per heavy atom. The van der Waals surface area contributed by atoms with E-state index >= 15 is 0 Å². The van der Waals surface area contributed by atoms with E-state index in [9.17, 15) is 4.79 Å². The zero-order valence-corrected chi connectivity index (χ0v) is 14.9. The maximum Gasteiger partial charge on any atom is 0.166 e. The first-order valence-electron chi connectivity index (χ1n) is 8.87. The SMILES string of the molecule is CCc1ccc(OCC(C)C)cc1C(=O)C1CCC(OC)CC1. The maximum atomic E-state index is 13.0. The van der Waals surface area contributed by atoms with Gasteiger partial charge in [-0.05, 0) is 55.7 Å². The molecule has 0 N–H and O–H groups in total. The Labute approximate surface area is 140 Å². The molecule has 0 atom stereocenters. The number of rotatable bonds is 7. The molecular weight excluding hydrogens is 288 g/mol. The largest absolute Gasteiger partial charge is 0.493 e. The molecule has 3 heteroatoms. The molecule has 23 heavy (non-hydrogen) atoms. The van der Waals surface area contributed by atoms with Crippen molar-refractivity contribution in [1.82, 2.24) is 0 Å². The fourth-order valence-corrected chi connectivity index (χ4v) is 3.23. The third kappa shape index (κ3) is 4.81. The van der Waals surface area contributed by atoms with Gasteiger partial charge in [0.25, 0.3) is 0 Å².